The molecule has 0 atom stereocenters. The van der Waals surface area contributed by atoms with Crippen LogP contribution in [0.25, 0.3) is 10.9 Å². The van der Waals surface area contributed by atoms with Crippen molar-refractivity contribution in [1.82, 2.24) is 4.68 Å². The predicted molar refractivity (Wildman–Crippen MR) is 58.5 cm³/mol. The normalized spacial score (nSPS) is 10.5. The van der Waals surface area contributed by atoms with Crippen molar-refractivity contribution >= 4 is 16.9 Å². The summed E-state index contributed by atoms with van der Waals surface area (Å²) in [6.07, 6.45) is 0. The second-order valence-corrected chi connectivity index (χ2v) is 3.41. The van der Waals surface area contributed by atoms with E-state index in [1.165, 1.54) is 0 Å². The van der Waals surface area contributed by atoms with E-state index in [-0.39, 0.29) is 6.54 Å². The Bertz CT molecular complexity index is 502. The molecule has 0 amide bonds. The van der Waals surface area contributed by atoms with Gasteiger partial charge in [-0.3, -0.25) is 9.47 Å². The van der Waals surface area contributed by atoms with E-state index in [0.717, 1.165) is 16.6 Å². The Labute approximate surface area is 87.1 Å². The van der Waals surface area contributed by atoms with Crippen molar-refractivity contribution < 1.29 is 9.90 Å². The van der Waals surface area contributed by atoms with Crippen molar-refractivity contribution in [3.8, 4) is 0 Å². The molecular weight excluding hydrogens is 192 g/mol. The molecule has 0 aliphatic carbocycles. The standard InChI is InChI=1S/C11H12N2O2/c1-8-6-9-4-2-3-5-10(9)13(8)12-7-11(14)15/h2-6,12H,7H2,1H3,(H,14,15). The van der Waals surface area contributed by atoms with E-state index >= 15 is 0 Å². The van der Waals surface area contributed by atoms with Crippen molar-refractivity contribution in [2.24, 2.45) is 0 Å². The Morgan fingerprint density at radius 1 is 1.47 bits per heavy atom. The van der Waals surface area contributed by atoms with Crippen molar-refractivity contribution in [2.45, 2.75) is 6.92 Å². The minimum atomic E-state index is -0.868. The summed E-state index contributed by atoms with van der Waals surface area (Å²) in [6.45, 7) is 1.86. The average Bonchev–Trinajstić information content (AvgIpc) is 2.50. The minimum absolute atomic E-state index is 0.0838. The summed E-state index contributed by atoms with van der Waals surface area (Å²) in [5.41, 5.74) is 4.85. The number of rotatable bonds is 3. The summed E-state index contributed by atoms with van der Waals surface area (Å²) in [7, 11) is 0. The maximum atomic E-state index is 10.5. The van der Waals surface area contributed by atoms with Crippen LogP contribution < -0.4 is 5.43 Å². The van der Waals surface area contributed by atoms with Crippen LogP contribution in [-0.2, 0) is 4.79 Å². The van der Waals surface area contributed by atoms with Crippen LogP contribution >= 0.6 is 0 Å². The first kappa shape index (κ1) is 9.58. The molecule has 1 aromatic carbocycles. The molecule has 0 bridgehead atoms. The SMILES string of the molecule is Cc1cc2ccccc2n1NCC(=O)O. The smallest absolute Gasteiger partial charge is 0.324 e. The van der Waals surface area contributed by atoms with E-state index in [9.17, 15) is 4.79 Å². The van der Waals surface area contributed by atoms with E-state index in [1.807, 2.05) is 37.3 Å². The number of carboxylic acid groups (broad SMARTS) is 1. The molecule has 0 aliphatic rings. The van der Waals surface area contributed by atoms with Crippen LogP contribution in [0.1, 0.15) is 5.69 Å². The zero-order valence-electron chi connectivity index (χ0n) is 8.40. The molecule has 2 aromatic rings. The van der Waals surface area contributed by atoms with Crippen molar-refractivity contribution in [2.75, 3.05) is 12.0 Å². The van der Waals surface area contributed by atoms with Gasteiger partial charge in [-0.1, -0.05) is 18.2 Å². The topological polar surface area (TPSA) is 54.3 Å². The largest absolute Gasteiger partial charge is 0.480 e. The predicted octanol–water partition coefficient (Wildman–Crippen LogP) is 1.58. The molecule has 78 valence electrons. The number of hydrogen-bond donors (Lipinski definition) is 2. The lowest BCUT2D eigenvalue weighted by molar-refractivity contribution is -0.135. The van der Waals surface area contributed by atoms with Crippen LogP contribution in [0.4, 0.5) is 0 Å². The maximum Gasteiger partial charge on any atom is 0.324 e. The van der Waals surface area contributed by atoms with Crippen molar-refractivity contribution in [3.63, 3.8) is 0 Å². The number of aliphatic carboxylic acids is 1. The lowest BCUT2D eigenvalue weighted by atomic mass is 10.2. The van der Waals surface area contributed by atoms with Gasteiger partial charge in [-0.05, 0) is 19.1 Å². The molecule has 15 heavy (non-hydrogen) atoms. The molecule has 0 radical (unpaired) electrons. The quantitative estimate of drug-likeness (QED) is 0.798. The van der Waals surface area contributed by atoms with Crippen LogP contribution in [0.5, 0.6) is 0 Å². The van der Waals surface area contributed by atoms with Crippen LogP contribution in [-0.4, -0.2) is 22.3 Å². The number of benzene rings is 1. The highest BCUT2D eigenvalue weighted by atomic mass is 16.4. The van der Waals surface area contributed by atoms with Gasteiger partial charge in [-0.2, -0.15) is 0 Å². The molecule has 0 saturated heterocycles. The van der Waals surface area contributed by atoms with Gasteiger partial charge in [-0.15, -0.1) is 0 Å². The van der Waals surface area contributed by atoms with E-state index in [1.54, 1.807) is 4.68 Å². The molecule has 2 N–H and O–H groups in total. The minimum Gasteiger partial charge on any atom is -0.480 e. The molecule has 0 fully saturated rings. The van der Waals surface area contributed by atoms with Gasteiger partial charge < -0.3 is 10.5 Å². The monoisotopic (exact) mass is 204 g/mol. The zero-order chi connectivity index (χ0) is 10.8. The fourth-order valence-electron chi connectivity index (χ4n) is 1.65. The summed E-state index contributed by atoms with van der Waals surface area (Å²) in [6, 6.07) is 9.87. The lowest BCUT2D eigenvalue weighted by Gasteiger charge is -2.08. The van der Waals surface area contributed by atoms with Crippen molar-refractivity contribution in [1.29, 1.82) is 0 Å². The van der Waals surface area contributed by atoms with Crippen LogP contribution in [0, 0.1) is 6.92 Å². The first-order valence-electron chi connectivity index (χ1n) is 4.71. The van der Waals surface area contributed by atoms with Gasteiger partial charge in [0.15, 0.2) is 0 Å². The van der Waals surface area contributed by atoms with Crippen LogP contribution in [0.15, 0.2) is 30.3 Å². The summed E-state index contributed by atoms with van der Waals surface area (Å²) in [5, 5.41) is 9.70. The highest BCUT2D eigenvalue weighted by Gasteiger charge is 2.05. The number of carboxylic acids is 1. The maximum absolute atomic E-state index is 10.5. The molecule has 1 aromatic heterocycles. The Hall–Kier alpha value is -1.97. The van der Waals surface area contributed by atoms with Gasteiger partial charge >= 0.3 is 5.97 Å². The summed E-state index contributed by atoms with van der Waals surface area (Å²) in [5.74, 6) is -0.868. The highest BCUT2D eigenvalue weighted by Crippen LogP contribution is 2.17. The molecule has 0 unspecified atom stereocenters. The third-order valence-electron chi connectivity index (χ3n) is 2.28. The number of para-hydroxylation sites is 1. The Kier molecular flexibility index (Phi) is 2.33. The molecular formula is C11H12N2O2. The third kappa shape index (κ3) is 1.79. The van der Waals surface area contributed by atoms with E-state index in [0.29, 0.717) is 0 Å². The summed E-state index contributed by atoms with van der Waals surface area (Å²) >= 11 is 0. The zero-order valence-corrected chi connectivity index (χ0v) is 8.40. The first-order valence-corrected chi connectivity index (χ1v) is 4.71. The number of nitrogens with zero attached hydrogens (tertiary/aromatic N) is 1. The second kappa shape index (κ2) is 3.65. The van der Waals surface area contributed by atoms with E-state index in [2.05, 4.69) is 5.43 Å². The molecule has 4 nitrogen and oxygen atoms in total. The summed E-state index contributed by atoms with van der Waals surface area (Å²) < 4.78 is 1.80. The van der Waals surface area contributed by atoms with Gasteiger partial charge in [0.1, 0.15) is 6.54 Å². The first-order chi connectivity index (χ1) is 7.18. The lowest BCUT2D eigenvalue weighted by Crippen LogP contribution is -2.22. The summed E-state index contributed by atoms with van der Waals surface area (Å²) in [4.78, 5) is 10.5. The number of hydrogen-bond acceptors (Lipinski definition) is 2. The highest BCUT2D eigenvalue weighted by molar-refractivity contribution is 5.82. The van der Waals surface area contributed by atoms with Crippen LogP contribution in [0.3, 0.4) is 0 Å². The molecule has 4 heteroatoms. The van der Waals surface area contributed by atoms with Gasteiger partial charge in [0.05, 0.1) is 5.52 Å². The van der Waals surface area contributed by atoms with Crippen molar-refractivity contribution in [3.05, 3.63) is 36.0 Å². The number of fused-ring (bicyclic) bond motifs is 1. The Morgan fingerprint density at radius 3 is 2.93 bits per heavy atom. The molecule has 0 aliphatic heterocycles. The van der Waals surface area contributed by atoms with Crippen LogP contribution in [0.2, 0.25) is 0 Å². The van der Waals surface area contributed by atoms with Gasteiger partial charge in [0.2, 0.25) is 0 Å². The molecule has 0 spiro atoms. The van der Waals surface area contributed by atoms with Gasteiger partial charge in [0, 0.05) is 11.1 Å². The fourth-order valence-corrected chi connectivity index (χ4v) is 1.65. The number of carbonyl (C=O) groups is 1. The molecule has 2 rings (SSSR count). The fraction of sp³-hybridized carbons (Fsp3) is 0.182. The average molecular weight is 204 g/mol. The Morgan fingerprint density at radius 2 is 2.20 bits per heavy atom. The molecule has 0 saturated carbocycles. The van der Waals surface area contributed by atoms with Gasteiger partial charge in [-0.25, -0.2) is 0 Å². The van der Waals surface area contributed by atoms with E-state index < -0.39 is 5.97 Å². The second-order valence-electron chi connectivity index (χ2n) is 3.41. The number of aryl methyl sites for hydroxylation is 1. The van der Waals surface area contributed by atoms with Gasteiger partial charge in [0.25, 0.3) is 0 Å². The van der Waals surface area contributed by atoms with E-state index in [4.69, 9.17) is 5.11 Å². The Balaban J connectivity index is 2.40. The molecule has 1 heterocycles. The number of nitrogens with one attached hydrogen (secondary N) is 1. The number of aromatic nitrogens is 1. The third-order valence-corrected chi connectivity index (χ3v) is 2.28.